The second-order valence-corrected chi connectivity index (χ2v) is 10.6. The lowest BCUT2D eigenvalue weighted by Gasteiger charge is -2.25. The van der Waals surface area contributed by atoms with Crippen LogP contribution in [0.2, 0.25) is 0 Å². The second kappa shape index (κ2) is 9.63. The molecule has 0 amide bonds. The predicted molar refractivity (Wildman–Crippen MR) is 132 cm³/mol. The summed E-state index contributed by atoms with van der Waals surface area (Å²) < 4.78 is 14.1. The van der Waals surface area contributed by atoms with Crippen LogP contribution in [0.1, 0.15) is 36.8 Å². The maximum atomic E-state index is 12.6. The normalized spacial score (nSPS) is 21.1. The van der Waals surface area contributed by atoms with Crippen molar-refractivity contribution in [1.82, 2.24) is 0 Å². The average Bonchev–Trinajstić information content (AvgIpc) is 2.70. The number of halogens is 4. The van der Waals surface area contributed by atoms with Gasteiger partial charge < -0.3 is 9.47 Å². The van der Waals surface area contributed by atoms with Gasteiger partial charge in [-0.1, -0.05) is 44.7 Å². The van der Waals surface area contributed by atoms with Gasteiger partial charge in [0, 0.05) is 32.5 Å². The maximum Gasteiger partial charge on any atom is 0.519 e. The highest BCUT2D eigenvalue weighted by atomic mass is 79.9. The van der Waals surface area contributed by atoms with Gasteiger partial charge >= 0.3 is 6.16 Å². The van der Waals surface area contributed by atoms with Crippen LogP contribution in [0.3, 0.4) is 0 Å². The molecular weight excluding hydrogens is 648 g/mol. The molecule has 156 valence electrons. The van der Waals surface area contributed by atoms with Gasteiger partial charge in [-0.15, -0.1) is 0 Å². The highest BCUT2D eigenvalue weighted by molar-refractivity contribution is 9.11. The van der Waals surface area contributed by atoms with E-state index in [4.69, 9.17) is 19.5 Å². The molecule has 0 saturated heterocycles. The summed E-state index contributed by atoms with van der Waals surface area (Å²) >= 11 is 13.9. The molecule has 2 aliphatic rings. The Bertz CT molecular complexity index is 974. The molecule has 2 atom stereocenters. The fourth-order valence-corrected chi connectivity index (χ4v) is 6.23. The average molecular weight is 664 g/mol. The number of carbonyl (C=O) groups is 1. The quantitative estimate of drug-likeness (QED) is 0.217. The zero-order chi connectivity index (χ0) is 21.3. The van der Waals surface area contributed by atoms with E-state index in [-0.39, 0.29) is 12.1 Å². The first-order valence-corrected chi connectivity index (χ1v) is 12.5. The third-order valence-electron chi connectivity index (χ3n) is 4.95. The lowest BCUT2D eigenvalue weighted by molar-refractivity contribution is 0.151. The molecule has 1 aliphatic heterocycles. The molecule has 1 fully saturated rings. The van der Waals surface area contributed by atoms with E-state index in [0.29, 0.717) is 31.6 Å². The highest BCUT2D eigenvalue weighted by Crippen LogP contribution is 2.36. The summed E-state index contributed by atoms with van der Waals surface area (Å²) in [5.41, 5.74) is 1.35. The Balaban J connectivity index is 1.84. The zero-order valence-corrected chi connectivity index (χ0v) is 21.9. The van der Waals surface area contributed by atoms with Crippen LogP contribution >= 0.6 is 63.7 Å². The number of nitrogens with zero attached hydrogens (tertiary/aromatic N) is 2. The number of aliphatic imine (C=N–C) groups is 2. The van der Waals surface area contributed by atoms with Gasteiger partial charge in [0.25, 0.3) is 0 Å². The van der Waals surface area contributed by atoms with E-state index in [1.807, 2.05) is 24.3 Å². The van der Waals surface area contributed by atoms with Gasteiger partial charge in [-0.05, 0) is 69.0 Å². The summed E-state index contributed by atoms with van der Waals surface area (Å²) in [5, 5.41) is 0. The second-order valence-electron chi connectivity index (χ2n) is 7.04. The first-order chi connectivity index (χ1) is 14.4. The van der Waals surface area contributed by atoms with Crippen LogP contribution < -0.4 is 9.47 Å². The van der Waals surface area contributed by atoms with E-state index >= 15 is 0 Å². The third-order valence-corrected chi connectivity index (χ3v) is 7.04. The molecule has 1 aliphatic carbocycles. The van der Waals surface area contributed by atoms with E-state index in [9.17, 15) is 4.79 Å². The van der Waals surface area contributed by atoms with Gasteiger partial charge in [0.2, 0.25) is 0 Å². The van der Waals surface area contributed by atoms with Gasteiger partial charge in [0.05, 0.1) is 21.0 Å². The van der Waals surface area contributed by atoms with Gasteiger partial charge in [-0.3, -0.25) is 9.98 Å². The molecule has 5 nitrogen and oxygen atoms in total. The molecule has 1 heterocycles. The van der Waals surface area contributed by atoms with Crippen molar-refractivity contribution in [1.29, 1.82) is 0 Å². The minimum absolute atomic E-state index is 0.0667. The molecule has 4 rings (SSSR count). The Morgan fingerprint density at radius 3 is 1.60 bits per heavy atom. The summed E-state index contributed by atoms with van der Waals surface area (Å²) in [6.07, 6.45) is 6.84. The molecule has 9 heteroatoms. The molecule has 2 unspecified atom stereocenters. The van der Waals surface area contributed by atoms with Gasteiger partial charge in [-0.25, -0.2) is 4.79 Å². The number of ether oxygens (including phenoxy) is 2. The standard InChI is InChI=1S/C21H16Br4N2O3/c22-13-5-11-9-26-17-3-1-2-4-18(17)27-10-12-6-14(23)8-16(25)20(12)30-21(28)29-19(11)15(24)7-13/h5-10,17-18H,1-4H2. The van der Waals surface area contributed by atoms with Crippen LogP contribution in [0.15, 0.2) is 52.1 Å². The minimum atomic E-state index is -0.845. The third kappa shape index (κ3) is 5.06. The van der Waals surface area contributed by atoms with E-state index in [1.165, 1.54) is 0 Å². The molecule has 2 aromatic carbocycles. The van der Waals surface area contributed by atoms with Gasteiger partial charge in [0.15, 0.2) is 11.5 Å². The molecular formula is C21H16Br4N2O3. The zero-order valence-electron chi connectivity index (χ0n) is 15.6. The summed E-state index contributed by atoms with van der Waals surface area (Å²) in [6, 6.07) is 7.47. The lowest BCUT2D eigenvalue weighted by atomic mass is 9.91. The van der Waals surface area contributed by atoms with Gasteiger partial charge in [-0.2, -0.15) is 0 Å². The van der Waals surface area contributed by atoms with Crippen LogP contribution in [0, 0.1) is 0 Å². The van der Waals surface area contributed by atoms with E-state index < -0.39 is 6.16 Å². The van der Waals surface area contributed by atoms with Crippen molar-refractivity contribution in [2.45, 2.75) is 37.8 Å². The molecule has 0 aromatic heterocycles. The number of hydrogen-bond acceptors (Lipinski definition) is 5. The predicted octanol–water partition coefficient (Wildman–Crippen LogP) is 7.48. The summed E-state index contributed by atoms with van der Waals surface area (Å²) in [7, 11) is 0. The smallest absolute Gasteiger partial charge is 0.393 e. The van der Waals surface area contributed by atoms with E-state index in [2.05, 4.69) is 63.7 Å². The van der Waals surface area contributed by atoms with E-state index in [0.717, 1.165) is 34.6 Å². The van der Waals surface area contributed by atoms with Crippen LogP contribution in [0.5, 0.6) is 11.5 Å². The molecule has 0 bridgehead atoms. The Morgan fingerprint density at radius 2 is 1.17 bits per heavy atom. The number of benzene rings is 2. The Kier molecular flexibility index (Phi) is 7.12. The maximum absolute atomic E-state index is 12.6. The summed E-state index contributed by atoms with van der Waals surface area (Å²) in [5.74, 6) is 0.712. The van der Waals surface area contributed by atoms with Crippen molar-refractivity contribution in [3.8, 4) is 11.5 Å². The van der Waals surface area contributed by atoms with Crippen LogP contribution in [0.4, 0.5) is 4.79 Å². The monoisotopic (exact) mass is 660 g/mol. The number of hydrogen-bond donors (Lipinski definition) is 0. The topological polar surface area (TPSA) is 60.2 Å². The molecule has 0 spiro atoms. The number of carbonyl (C=O) groups excluding carboxylic acids is 1. The fraction of sp³-hybridized carbons (Fsp3) is 0.286. The summed E-state index contributed by atoms with van der Waals surface area (Å²) in [4.78, 5) is 22.3. The molecule has 0 radical (unpaired) electrons. The number of rotatable bonds is 0. The van der Waals surface area contributed by atoms with Crippen molar-refractivity contribution < 1.29 is 14.3 Å². The van der Waals surface area contributed by atoms with Crippen LogP contribution in [-0.4, -0.2) is 30.7 Å². The first-order valence-electron chi connectivity index (χ1n) is 9.35. The molecule has 0 N–H and O–H groups in total. The van der Waals surface area contributed by atoms with Crippen molar-refractivity contribution in [3.05, 3.63) is 53.3 Å². The fourth-order valence-electron chi connectivity index (χ4n) is 3.55. The molecule has 30 heavy (non-hydrogen) atoms. The Hall–Kier alpha value is -1.03. The Labute approximate surface area is 207 Å². The van der Waals surface area contributed by atoms with Crippen LogP contribution in [0.25, 0.3) is 0 Å². The van der Waals surface area contributed by atoms with Gasteiger partial charge in [0.1, 0.15) is 0 Å². The molecule has 2 aromatic rings. The minimum Gasteiger partial charge on any atom is -0.393 e. The highest BCUT2D eigenvalue weighted by Gasteiger charge is 2.25. The van der Waals surface area contributed by atoms with Crippen molar-refractivity contribution >= 4 is 82.3 Å². The Morgan fingerprint density at radius 1 is 0.733 bits per heavy atom. The van der Waals surface area contributed by atoms with E-state index in [1.54, 1.807) is 12.4 Å². The lowest BCUT2D eigenvalue weighted by Crippen LogP contribution is -2.27. The largest absolute Gasteiger partial charge is 0.519 e. The van der Waals surface area contributed by atoms with Crippen molar-refractivity contribution in [3.63, 3.8) is 0 Å². The first kappa shape index (κ1) is 22.2. The SMILES string of the molecule is O=C1Oc2c(Br)cc(Br)cc2C=NC2CCCCC2N=Cc2cc(Br)cc(Br)c2O1. The van der Waals surface area contributed by atoms with Crippen molar-refractivity contribution in [2.24, 2.45) is 9.98 Å². The van der Waals surface area contributed by atoms with Crippen LogP contribution in [-0.2, 0) is 0 Å². The number of fused-ring (bicyclic) bond motifs is 3. The molecule has 1 saturated carbocycles. The summed E-state index contributed by atoms with van der Waals surface area (Å²) in [6.45, 7) is 0. The van der Waals surface area contributed by atoms with Crippen molar-refractivity contribution in [2.75, 3.05) is 0 Å².